The molecule has 1 aromatic carbocycles. The Morgan fingerprint density at radius 3 is 2.58 bits per heavy atom. The molecule has 2 aromatic rings. The van der Waals surface area contributed by atoms with E-state index in [0.717, 1.165) is 36.1 Å². The number of aromatic nitrogens is 1. The van der Waals surface area contributed by atoms with Crippen molar-refractivity contribution in [3.05, 3.63) is 63.9 Å². The molecular weight excluding hydrogens is 422 g/mol. The SMILES string of the molecule is N=NN=C[NH2+]CC(O)(c1ccc(F)cc1F)C(F)(F)c1ccc(Br)cn1. The molecule has 0 saturated heterocycles. The third-order valence-electron chi connectivity index (χ3n) is 3.59. The first-order valence-corrected chi connectivity index (χ1v) is 7.91. The minimum Gasteiger partial charge on any atom is -0.374 e. The monoisotopic (exact) mass is 434 g/mol. The first kappa shape index (κ1) is 20.1. The Balaban J connectivity index is 2.56. The van der Waals surface area contributed by atoms with Crippen LogP contribution < -0.4 is 5.32 Å². The number of aliphatic hydroxyl groups is 1. The van der Waals surface area contributed by atoms with E-state index in [1.54, 1.807) is 0 Å². The van der Waals surface area contributed by atoms with Crippen molar-refractivity contribution in [2.75, 3.05) is 6.54 Å². The summed E-state index contributed by atoms with van der Waals surface area (Å²) in [6.07, 6.45) is 2.01. The Labute approximate surface area is 153 Å². The standard InChI is InChI=1S/C15H12BrF4N5O/c16-9-1-4-13(23-6-9)15(19,20)14(26,7-22-8-24-25-21)11-3-2-10(17)5-12(11)18/h1-6,8,26H,7H2,(H2,21,22,24)/p+1. The first-order valence-electron chi connectivity index (χ1n) is 7.11. The quantitative estimate of drug-likeness (QED) is 0.205. The van der Waals surface area contributed by atoms with Crippen LogP contribution in [0.2, 0.25) is 0 Å². The van der Waals surface area contributed by atoms with E-state index in [1.807, 2.05) is 0 Å². The lowest BCUT2D eigenvalue weighted by Crippen LogP contribution is -2.87. The van der Waals surface area contributed by atoms with Crippen molar-refractivity contribution >= 4 is 22.3 Å². The summed E-state index contributed by atoms with van der Waals surface area (Å²) in [7, 11) is 0. The van der Waals surface area contributed by atoms with E-state index in [4.69, 9.17) is 5.53 Å². The lowest BCUT2D eigenvalue weighted by Gasteiger charge is -2.34. The molecule has 4 N–H and O–H groups in total. The largest absolute Gasteiger partial charge is 0.374 e. The maximum atomic E-state index is 15.1. The lowest BCUT2D eigenvalue weighted by atomic mass is 9.84. The van der Waals surface area contributed by atoms with E-state index < -0.39 is 41.0 Å². The van der Waals surface area contributed by atoms with Crippen molar-refractivity contribution in [1.82, 2.24) is 4.98 Å². The number of nitrogens with one attached hydrogen (secondary N) is 1. The first-order chi connectivity index (χ1) is 12.2. The minimum atomic E-state index is -4.03. The van der Waals surface area contributed by atoms with Crippen LogP contribution in [0.5, 0.6) is 0 Å². The highest BCUT2D eigenvalue weighted by Crippen LogP contribution is 2.44. The van der Waals surface area contributed by atoms with Gasteiger partial charge >= 0.3 is 5.92 Å². The number of nitrogens with zero attached hydrogens (tertiary/aromatic N) is 3. The van der Waals surface area contributed by atoms with Crippen molar-refractivity contribution in [3.8, 4) is 0 Å². The van der Waals surface area contributed by atoms with Gasteiger partial charge in [0.15, 0.2) is 0 Å². The molecule has 1 unspecified atom stereocenters. The van der Waals surface area contributed by atoms with Gasteiger partial charge in [-0.1, -0.05) is 5.10 Å². The Hall–Kier alpha value is -2.24. The van der Waals surface area contributed by atoms with Crippen LogP contribution in [0.3, 0.4) is 0 Å². The highest BCUT2D eigenvalue weighted by atomic mass is 79.9. The van der Waals surface area contributed by atoms with Crippen molar-refractivity contribution < 1.29 is 28.0 Å². The Kier molecular flexibility index (Phi) is 6.16. The number of rotatable bonds is 7. The highest BCUT2D eigenvalue weighted by Gasteiger charge is 2.58. The molecule has 1 atom stereocenters. The summed E-state index contributed by atoms with van der Waals surface area (Å²) in [5.74, 6) is -6.34. The number of quaternary nitrogens is 1. The molecular formula is C15H13BrF4N5O+. The van der Waals surface area contributed by atoms with Gasteiger partial charge in [0.05, 0.1) is 0 Å². The van der Waals surface area contributed by atoms with Crippen LogP contribution in [0.1, 0.15) is 11.3 Å². The number of pyridine rings is 1. The number of benzene rings is 1. The Morgan fingerprint density at radius 1 is 1.27 bits per heavy atom. The highest BCUT2D eigenvalue weighted by molar-refractivity contribution is 9.10. The molecule has 11 heteroatoms. The Morgan fingerprint density at radius 2 is 2.00 bits per heavy atom. The summed E-state index contributed by atoms with van der Waals surface area (Å²) in [4.78, 5) is 3.58. The van der Waals surface area contributed by atoms with Gasteiger partial charge in [-0.2, -0.15) is 14.3 Å². The van der Waals surface area contributed by atoms with Crippen molar-refractivity contribution in [1.29, 1.82) is 5.53 Å². The summed E-state index contributed by atoms with van der Waals surface area (Å²) < 4.78 is 58.0. The molecule has 0 radical (unpaired) electrons. The third kappa shape index (κ3) is 3.94. The second-order valence-electron chi connectivity index (χ2n) is 5.22. The summed E-state index contributed by atoms with van der Waals surface area (Å²) in [5.41, 5.74) is 1.83. The zero-order valence-corrected chi connectivity index (χ0v) is 14.6. The zero-order chi connectivity index (χ0) is 19.4. The van der Waals surface area contributed by atoms with E-state index in [9.17, 15) is 13.9 Å². The van der Waals surface area contributed by atoms with Gasteiger partial charge in [0.1, 0.15) is 23.9 Å². The third-order valence-corrected chi connectivity index (χ3v) is 4.06. The van der Waals surface area contributed by atoms with Gasteiger partial charge < -0.3 is 5.11 Å². The number of halogens is 5. The number of hydrogen-bond donors (Lipinski definition) is 3. The van der Waals surface area contributed by atoms with Gasteiger partial charge in [0.25, 0.3) is 0 Å². The normalized spacial score (nSPS) is 14.4. The maximum absolute atomic E-state index is 15.1. The molecule has 2 rings (SSSR count). The topological polar surface area (TPSA) is 98.3 Å². The number of alkyl halides is 2. The fourth-order valence-corrected chi connectivity index (χ4v) is 2.54. The van der Waals surface area contributed by atoms with E-state index in [0.29, 0.717) is 10.5 Å². The molecule has 138 valence electrons. The van der Waals surface area contributed by atoms with Crippen molar-refractivity contribution in [2.45, 2.75) is 11.5 Å². The van der Waals surface area contributed by atoms with Crippen LogP contribution in [0.15, 0.2) is 51.3 Å². The van der Waals surface area contributed by atoms with Crippen LogP contribution in [0.25, 0.3) is 0 Å². The van der Waals surface area contributed by atoms with Crippen LogP contribution in [0.4, 0.5) is 17.6 Å². The van der Waals surface area contributed by atoms with Gasteiger partial charge in [-0.15, -0.1) is 0 Å². The fourth-order valence-electron chi connectivity index (χ4n) is 2.31. The molecule has 0 aliphatic heterocycles. The van der Waals surface area contributed by atoms with Gasteiger partial charge in [0.2, 0.25) is 11.9 Å². The molecule has 0 aliphatic rings. The van der Waals surface area contributed by atoms with E-state index in [-0.39, 0.29) is 0 Å². The van der Waals surface area contributed by atoms with E-state index in [1.165, 1.54) is 6.07 Å². The zero-order valence-electron chi connectivity index (χ0n) is 13.0. The second-order valence-corrected chi connectivity index (χ2v) is 6.14. The molecule has 0 bridgehead atoms. The van der Waals surface area contributed by atoms with E-state index >= 15 is 8.78 Å². The smallest absolute Gasteiger partial charge is 0.327 e. The second kappa shape index (κ2) is 7.98. The van der Waals surface area contributed by atoms with Crippen molar-refractivity contribution in [2.24, 2.45) is 10.3 Å². The summed E-state index contributed by atoms with van der Waals surface area (Å²) >= 11 is 3.06. The van der Waals surface area contributed by atoms with Gasteiger partial charge in [-0.25, -0.2) is 8.78 Å². The molecule has 0 saturated carbocycles. The fraction of sp³-hybridized carbons (Fsp3) is 0.200. The van der Waals surface area contributed by atoms with Crippen LogP contribution in [-0.2, 0) is 11.5 Å². The average Bonchev–Trinajstić information content (AvgIpc) is 2.58. The number of hydrogen-bond acceptors (Lipinski definition) is 4. The van der Waals surface area contributed by atoms with Crippen molar-refractivity contribution in [3.63, 3.8) is 0 Å². The van der Waals surface area contributed by atoms with Gasteiger partial charge in [-0.05, 0) is 45.4 Å². The summed E-state index contributed by atoms with van der Waals surface area (Å²) in [6.45, 7) is -0.792. The average molecular weight is 435 g/mol. The molecule has 26 heavy (non-hydrogen) atoms. The lowest BCUT2D eigenvalue weighted by molar-refractivity contribution is -0.561. The van der Waals surface area contributed by atoms with E-state index in [2.05, 4.69) is 31.2 Å². The van der Waals surface area contributed by atoms with Gasteiger partial charge in [-0.3, -0.25) is 10.3 Å². The maximum Gasteiger partial charge on any atom is 0.327 e. The van der Waals surface area contributed by atoms with Crippen LogP contribution in [-0.4, -0.2) is 23.0 Å². The number of nitrogens with two attached hydrogens (primary N) is 1. The Bertz CT molecular complexity index is 818. The summed E-state index contributed by atoms with van der Waals surface area (Å²) in [5, 5.41) is 17.6. The molecule has 0 spiro atoms. The summed E-state index contributed by atoms with van der Waals surface area (Å²) in [6, 6.07) is 4.18. The van der Waals surface area contributed by atoms with Gasteiger partial charge in [0, 0.05) is 22.3 Å². The predicted molar refractivity (Wildman–Crippen MR) is 86.5 cm³/mol. The molecule has 1 heterocycles. The predicted octanol–water partition coefficient (Wildman–Crippen LogP) is 2.64. The minimum absolute atomic E-state index is 0.401. The van der Waals surface area contributed by atoms with Crippen LogP contribution in [0, 0.1) is 17.2 Å². The molecule has 6 nitrogen and oxygen atoms in total. The molecule has 0 amide bonds. The molecule has 0 aliphatic carbocycles. The molecule has 1 aromatic heterocycles. The molecule has 0 fully saturated rings. The van der Waals surface area contributed by atoms with Crippen LogP contribution >= 0.6 is 15.9 Å².